The van der Waals surface area contributed by atoms with Crippen LogP contribution in [0.2, 0.25) is 0 Å². The van der Waals surface area contributed by atoms with Crippen LogP contribution in [0.25, 0.3) is 0 Å². The molecule has 0 spiro atoms. The van der Waals surface area contributed by atoms with Crippen molar-refractivity contribution < 1.29 is 24.2 Å². The highest BCUT2D eigenvalue weighted by molar-refractivity contribution is 5.70. The SMILES string of the molecule is CC(C)(C)OC(=O)N1CCN(CCOc2ccc(N/C=C(/CC(=O)O)N=N)cc2)CC1. The Morgan fingerprint density at radius 1 is 1.19 bits per heavy atom. The van der Waals surface area contributed by atoms with Gasteiger partial charge >= 0.3 is 12.1 Å². The smallest absolute Gasteiger partial charge is 0.410 e. The molecule has 0 bridgehead atoms. The zero-order valence-electron chi connectivity index (χ0n) is 18.3. The lowest BCUT2D eigenvalue weighted by molar-refractivity contribution is -0.136. The molecular weight excluding hydrogens is 402 g/mol. The molecule has 0 radical (unpaired) electrons. The Bertz CT molecular complexity index is 780. The van der Waals surface area contributed by atoms with E-state index in [-0.39, 0.29) is 18.2 Å². The number of carbonyl (C=O) groups is 2. The molecule has 0 unspecified atom stereocenters. The van der Waals surface area contributed by atoms with Crippen molar-refractivity contribution >= 4 is 17.7 Å². The molecule has 10 nitrogen and oxygen atoms in total. The topological polar surface area (TPSA) is 128 Å². The van der Waals surface area contributed by atoms with Gasteiger partial charge in [-0.05, 0) is 45.0 Å². The second-order valence-corrected chi connectivity index (χ2v) is 8.14. The molecule has 0 aliphatic carbocycles. The number of nitrogens with zero attached hydrogens (tertiary/aromatic N) is 3. The van der Waals surface area contributed by atoms with E-state index >= 15 is 0 Å². The van der Waals surface area contributed by atoms with Crippen molar-refractivity contribution in [3.05, 3.63) is 36.2 Å². The maximum atomic E-state index is 12.1. The minimum atomic E-state index is -1.04. The highest BCUT2D eigenvalue weighted by atomic mass is 16.6. The van der Waals surface area contributed by atoms with E-state index in [1.807, 2.05) is 32.9 Å². The van der Waals surface area contributed by atoms with E-state index < -0.39 is 11.6 Å². The van der Waals surface area contributed by atoms with Gasteiger partial charge in [0.05, 0.1) is 12.1 Å². The molecule has 1 aromatic rings. The van der Waals surface area contributed by atoms with Crippen LogP contribution in [-0.4, -0.2) is 71.9 Å². The molecule has 1 aromatic carbocycles. The molecule has 1 heterocycles. The number of aliphatic carboxylic acids is 1. The lowest BCUT2D eigenvalue weighted by atomic mass is 10.2. The van der Waals surface area contributed by atoms with E-state index in [0.29, 0.717) is 19.7 Å². The average Bonchev–Trinajstić information content (AvgIpc) is 2.71. The van der Waals surface area contributed by atoms with E-state index in [1.54, 1.807) is 17.0 Å². The van der Waals surface area contributed by atoms with Gasteiger partial charge in [0.15, 0.2) is 0 Å². The molecule has 0 saturated carbocycles. The zero-order valence-corrected chi connectivity index (χ0v) is 18.3. The number of carbonyl (C=O) groups excluding carboxylic acids is 1. The van der Waals surface area contributed by atoms with E-state index in [4.69, 9.17) is 20.1 Å². The van der Waals surface area contributed by atoms with Crippen LogP contribution in [-0.2, 0) is 9.53 Å². The first-order chi connectivity index (χ1) is 14.7. The standard InChI is InChI=1S/C21H31N5O5/c1-21(2,3)31-20(29)26-10-8-25(9-11-26)12-13-30-18-6-4-16(5-7-18)23-15-17(24-22)14-19(27)28/h4-7,15,22-23H,8-14H2,1-3H3,(H,27,28)/b17-15-,24-22?. The van der Waals surface area contributed by atoms with Gasteiger partial charge < -0.3 is 24.8 Å². The number of hydrogen-bond acceptors (Lipinski definition) is 8. The average molecular weight is 434 g/mol. The van der Waals surface area contributed by atoms with Gasteiger partial charge in [-0.25, -0.2) is 10.3 Å². The Morgan fingerprint density at radius 3 is 2.39 bits per heavy atom. The third-order valence-electron chi connectivity index (χ3n) is 4.44. The summed E-state index contributed by atoms with van der Waals surface area (Å²) in [5.74, 6) is -0.322. The monoisotopic (exact) mass is 433 g/mol. The summed E-state index contributed by atoms with van der Waals surface area (Å²) in [4.78, 5) is 26.8. The van der Waals surface area contributed by atoms with Gasteiger partial charge in [0.1, 0.15) is 18.0 Å². The molecule has 0 aromatic heterocycles. The highest BCUT2D eigenvalue weighted by Crippen LogP contribution is 2.17. The summed E-state index contributed by atoms with van der Waals surface area (Å²) in [6.45, 7) is 9.70. The van der Waals surface area contributed by atoms with Crippen LogP contribution in [0.1, 0.15) is 27.2 Å². The van der Waals surface area contributed by atoms with Crippen molar-refractivity contribution in [3.8, 4) is 5.75 Å². The zero-order chi connectivity index (χ0) is 22.9. The summed E-state index contributed by atoms with van der Waals surface area (Å²) in [7, 11) is 0. The first-order valence-corrected chi connectivity index (χ1v) is 10.1. The number of anilines is 1. The summed E-state index contributed by atoms with van der Waals surface area (Å²) in [5, 5.41) is 14.9. The molecule has 1 fully saturated rings. The summed E-state index contributed by atoms with van der Waals surface area (Å²) in [5.41, 5.74) is 7.36. The highest BCUT2D eigenvalue weighted by Gasteiger charge is 2.25. The van der Waals surface area contributed by atoms with Gasteiger partial charge in [0.2, 0.25) is 0 Å². The number of carboxylic acid groups (broad SMARTS) is 1. The van der Waals surface area contributed by atoms with Crippen molar-refractivity contribution in [2.75, 3.05) is 44.6 Å². The summed E-state index contributed by atoms with van der Waals surface area (Å²) < 4.78 is 11.2. The number of carboxylic acids is 1. The lowest BCUT2D eigenvalue weighted by Crippen LogP contribution is -2.50. The Balaban J connectivity index is 1.70. The molecule has 31 heavy (non-hydrogen) atoms. The fourth-order valence-electron chi connectivity index (χ4n) is 2.86. The van der Waals surface area contributed by atoms with E-state index in [2.05, 4.69) is 15.3 Å². The number of rotatable bonds is 9. The Hall–Kier alpha value is -3.14. The van der Waals surface area contributed by atoms with Crippen molar-refractivity contribution in [1.29, 1.82) is 5.53 Å². The molecule has 1 aliphatic rings. The van der Waals surface area contributed by atoms with Crippen LogP contribution in [0.5, 0.6) is 5.75 Å². The van der Waals surface area contributed by atoms with Crippen LogP contribution in [0.15, 0.2) is 41.3 Å². The maximum absolute atomic E-state index is 12.1. The number of benzene rings is 1. The molecular formula is C21H31N5O5. The summed E-state index contributed by atoms with van der Waals surface area (Å²) in [6, 6.07) is 7.22. The molecule has 1 amide bonds. The first kappa shape index (κ1) is 24.1. The lowest BCUT2D eigenvalue weighted by Gasteiger charge is -2.35. The minimum absolute atomic E-state index is 0.125. The van der Waals surface area contributed by atoms with Crippen LogP contribution in [0.3, 0.4) is 0 Å². The van der Waals surface area contributed by atoms with Crippen molar-refractivity contribution in [2.45, 2.75) is 32.8 Å². The first-order valence-electron chi connectivity index (χ1n) is 10.1. The van der Waals surface area contributed by atoms with Gasteiger partial charge in [-0.3, -0.25) is 9.69 Å². The molecule has 1 aliphatic heterocycles. The quantitative estimate of drug-likeness (QED) is 0.509. The number of amides is 1. The molecule has 1 saturated heterocycles. The maximum Gasteiger partial charge on any atom is 0.410 e. The van der Waals surface area contributed by atoms with E-state index in [0.717, 1.165) is 31.1 Å². The van der Waals surface area contributed by atoms with Crippen LogP contribution < -0.4 is 10.1 Å². The van der Waals surface area contributed by atoms with Gasteiger partial charge in [-0.2, -0.15) is 5.11 Å². The second-order valence-electron chi connectivity index (χ2n) is 8.14. The van der Waals surface area contributed by atoms with E-state index in [1.165, 1.54) is 6.20 Å². The van der Waals surface area contributed by atoms with Gasteiger partial charge in [0.25, 0.3) is 0 Å². The van der Waals surface area contributed by atoms with Crippen LogP contribution in [0.4, 0.5) is 10.5 Å². The predicted octanol–water partition coefficient (Wildman–Crippen LogP) is 3.38. The number of ether oxygens (including phenoxy) is 2. The minimum Gasteiger partial charge on any atom is -0.492 e. The third-order valence-corrected chi connectivity index (χ3v) is 4.44. The molecule has 10 heteroatoms. The fraction of sp³-hybridized carbons (Fsp3) is 0.524. The van der Waals surface area contributed by atoms with Crippen LogP contribution in [0, 0.1) is 5.53 Å². The number of hydrogen-bond donors (Lipinski definition) is 3. The van der Waals surface area contributed by atoms with Crippen molar-refractivity contribution in [2.24, 2.45) is 5.11 Å². The number of piperazine rings is 1. The summed E-state index contributed by atoms with van der Waals surface area (Å²) in [6.07, 6.45) is 0.816. The van der Waals surface area contributed by atoms with Gasteiger partial charge in [-0.15, -0.1) is 0 Å². The molecule has 170 valence electrons. The Labute approximate surface area is 182 Å². The molecule has 2 rings (SSSR count). The number of nitrogens with one attached hydrogen (secondary N) is 2. The van der Waals surface area contributed by atoms with Gasteiger partial charge in [-0.1, -0.05) is 0 Å². The third kappa shape index (κ3) is 9.04. The Kier molecular flexibility index (Phi) is 8.80. The van der Waals surface area contributed by atoms with Crippen molar-refractivity contribution in [3.63, 3.8) is 0 Å². The Morgan fingerprint density at radius 2 is 1.84 bits per heavy atom. The fourth-order valence-corrected chi connectivity index (χ4v) is 2.86. The molecule has 0 atom stereocenters. The van der Waals surface area contributed by atoms with Crippen LogP contribution >= 0.6 is 0 Å². The normalized spacial score (nSPS) is 15.3. The van der Waals surface area contributed by atoms with Crippen molar-refractivity contribution in [1.82, 2.24) is 9.80 Å². The molecule has 3 N–H and O–H groups in total. The van der Waals surface area contributed by atoms with Gasteiger partial charge in [0, 0.05) is 44.6 Å². The largest absolute Gasteiger partial charge is 0.492 e. The summed E-state index contributed by atoms with van der Waals surface area (Å²) >= 11 is 0. The second kappa shape index (κ2) is 11.3. The van der Waals surface area contributed by atoms with E-state index in [9.17, 15) is 9.59 Å². The predicted molar refractivity (Wildman–Crippen MR) is 115 cm³/mol.